The quantitative estimate of drug-likeness (QED) is 0.711. The number of halogens is 1. The lowest BCUT2D eigenvalue weighted by Crippen LogP contribution is -2.45. The van der Waals surface area contributed by atoms with Crippen molar-refractivity contribution in [1.29, 1.82) is 5.26 Å². The summed E-state index contributed by atoms with van der Waals surface area (Å²) in [4.78, 5) is 3.72. The van der Waals surface area contributed by atoms with Crippen molar-refractivity contribution in [3.05, 3.63) is 29.6 Å². The molecule has 0 bridgehead atoms. The summed E-state index contributed by atoms with van der Waals surface area (Å²) < 4.78 is 13.9. The molecule has 0 unspecified atom stereocenters. The Hall–Kier alpha value is -1.54. The van der Waals surface area contributed by atoms with Gasteiger partial charge in [0.2, 0.25) is 0 Å². The first kappa shape index (κ1) is 11.9. The van der Waals surface area contributed by atoms with Crippen molar-refractivity contribution in [2.24, 2.45) is 0 Å². The van der Waals surface area contributed by atoms with E-state index < -0.39 is 0 Å². The maximum Gasteiger partial charge on any atom is 0.182 e. The van der Waals surface area contributed by atoms with Gasteiger partial charge in [0.05, 0.1) is 18.2 Å². The third kappa shape index (κ3) is 2.77. The molecule has 1 saturated heterocycles. The van der Waals surface area contributed by atoms with Crippen LogP contribution in [0.4, 0.5) is 10.1 Å². The first-order chi connectivity index (χ1) is 8.20. The van der Waals surface area contributed by atoms with E-state index in [-0.39, 0.29) is 12.2 Å². The third-order valence-electron chi connectivity index (χ3n) is 2.95. The Labute approximate surface area is 102 Å². The minimum absolute atomic E-state index is 0.244. The summed E-state index contributed by atoms with van der Waals surface area (Å²) in [5.74, 6) is -0.261. The SMILES string of the molecule is [B]N1CCN(c2ccc(CC#N)cc2F)CC1. The van der Waals surface area contributed by atoms with Crippen LogP contribution in [0.1, 0.15) is 5.56 Å². The van der Waals surface area contributed by atoms with Crippen molar-refractivity contribution < 1.29 is 4.39 Å². The zero-order valence-corrected chi connectivity index (χ0v) is 9.56. The molecule has 0 N–H and O–H groups in total. The number of nitrogens with zero attached hydrogens (tertiary/aromatic N) is 3. The molecule has 0 spiro atoms. The molecule has 0 atom stereocenters. The molecule has 0 aliphatic carbocycles. The van der Waals surface area contributed by atoms with Gasteiger partial charge in [-0.2, -0.15) is 5.26 Å². The first-order valence-electron chi connectivity index (χ1n) is 5.60. The fourth-order valence-corrected chi connectivity index (χ4v) is 1.97. The molecule has 5 heteroatoms. The van der Waals surface area contributed by atoms with Gasteiger partial charge in [0.25, 0.3) is 0 Å². The van der Waals surface area contributed by atoms with Crippen molar-refractivity contribution in [3.63, 3.8) is 0 Å². The van der Waals surface area contributed by atoms with Crippen LogP contribution >= 0.6 is 0 Å². The predicted octanol–water partition coefficient (Wildman–Crippen LogP) is 1.10. The Bertz CT molecular complexity index is 436. The van der Waals surface area contributed by atoms with Crippen LogP contribution in [0.25, 0.3) is 0 Å². The summed E-state index contributed by atoms with van der Waals surface area (Å²) in [6.45, 7) is 2.93. The van der Waals surface area contributed by atoms with Gasteiger partial charge in [-0.3, -0.25) is 0 Å². The van der Waals surface area contributed by atoms with E-state index in [1.165, 1.54) is 6.07 Å². The van der Waals surface area contributed by atoms with E-state index in [1.54, 1.807) is 16.9 Å². The number of rotatable bonds is 2. The molecule has 1 aromatic carbocycles. The lowest BCUT2D eigenvalue weighted by atomic mass is 10.1. The van der Waals surface area contributed by atoms with Gasteiger partial charge in [-0.25, -0.2) is 4.39 Å². The second-order valence-corrected chi connectivity index (χ2v) is 4.14. The Kier molecular flexibility index (Phi) is 3.65. The maximum absolute atomic E-state index is 13.9. The average Bonchev–Trinajstić information content (AvgIpc) is 2.31. The largest absolute Gasteiger partial charge is 0.367 e. The molecule has 1 aliphatic heterocycles. The number of benzene rings is 1. The van der Waals surface area contributed by atoms with Crippen LogP contribution in [-0.2, 0) is 6.42 Å². The summed E-state index contributed by atoms with van der Waals surface area (Å²) in [5, 5.41) is 8.56. The molecular weight excluding hydrogens is 216 g/mol. The molecule has 1 aliphatic rings. The van der Waals surface area contributed by atoms with Gasteiger partial charge in [0, 0.05) is 26.2 Å². The molecule has 1 fully saturated rings. The molecule has 2 rings (SSSR count). The van der Waals surface area contributed by atoms with Gasteiger partial charge in [0.1, 0.15) is 5.82 Å². The lowest BCUT2D eigenvalue weighted by Gasteiger charge is -2.34. The highest BCUT2D eigenvalue weighted by atomic mass is 19.1. The summed E-state index contributed by atoms with van der Waals surface area (Å²) in [7, 11) is 5.65. The number of hydrogen-bond acceptors (Lipinski definition) is 3. The molecule has 1 aromatic rings. The van der Waals surface area contributed by atoms with Gasteiger partial charge >= 0.3 is 0 Å². The van der Waals surface area contributed by atoms with E-state index in [0.717, 1.165) is 26.2 Å². The van der Waals surface area contributed by atoms with Crippen LogP contribution in [0.2, 0.25) is 0 Å². The minimum atomic E-state index is -0.261. The van der Waals surface area contributed by atoms with Gasteiger partial charge in [-0.15, -0.1) is 0 Å². The van der Waals surface area contributed by atoms with E-state index in [0.29, 0.717) is 11.3 Å². The monoisotopic (exact) mass is 229 g/mol. The molecule has 2 radical (unpaired) electrons. The van der Waals surface area contributed by atoms with Gasteiger partial charge < -0.3 is 9.71 Å². The van der Waals surface area contributed by atoms with Crippen LogP contribution in [0.15, 0.2) is 18.2 Å². The highest BCUT2D eigenvalue weighted by Gasteiger charge is 2.16. The molecule has 17 heavy (non-hydrogen) atoms. The van der Waals surface area contributed by atoms with Gasteiger partial charge in [-0.05, 0) is 17.7 Å². The zero-order valence-electron chi connectivity index (χ0n) is 9.56. The summed E-state index contributed by atoms with van der Waals surface area (Å²) in [6, 6.07) is 7.00. The van der Waals surface area contributed by atoms with Crippen LogP contribution in [-0.4, -0.2) is 39.0 Å². The molecule has 0 saturated carbocycles. The van der Waals surface area contributed by atoms with Crippen LogP contribution in [0.5, 0.6) is 0 Å². The number of piperazine rings is 1. The van der Waals surface area contributed by atoms with Crippen LogP contribution < -0.4 is 4.90 Å². The van der Waals surface area contributed by atoms with Crippen molar-refractivity contribution >= 4 is 13.7 Å². The van der Waals surface area contributed by atoms with Crippen molar-refractivity contribution in [2.75, 3.05) is 31.1 Å². The molecule has 1 heterocycles. The molecule has 0 amide bonds. The first-order valence-corrected chi connectivity index (χ1v) is 5.60. The van der Waals surface area contributed by atoms with Crippen LogP contribution in [0.3, 0.4) is 0 Å². The fourth-order valence-electron chi connectivity index (χ4n) is 1.97. The van der Waals surface area contributed by atoms with Crippen molar-refractivity contribution in [2.45, 2.75) is 6.42 Å². The normalized spacial score (nSPS) is 16.8. The average molecular weight is 229 g/mol. The summed E-state index contributed by atoms with van der Waals surface area (Å²) in [5.41, 5.74) is 1.31. The second-order valence-electron chi connectivity index (χ2n) is 4.14. The number of anilines is 1. The predicted molar refractivity (Wildman–Crippen MR) is 65.3 cm³/mol. The number of hydrogen-bond donors (Lipinski definition) is 0. The third-order valence-corrected chi connectivity index (χ3v) is 2.95. The molecule has 0 aromatic heterocycles. The minimum Gasteiger partial charge on any atom is -0.367 e. The molecule has 86 valence electrons. The Morgan fingerprint density at radius 3 is 2.59 bits per heavy atom. The van der Waals surface area contributed by atoms with E-state index >= 15 is 0 Å². The van der Waals surface area contributed by atoms with Gasteiger partial charge in [0.15, 0.2) is 7.98 Å². The highest BCUT2D eigenvalue weighted by Crippen LogP contribution is 2.21. The second kappa shape index (κ2) is 5.20. The van der Waals surface area contributed by atoms with E-state index in [2.05, 4.69) is 0 Å². The fraction of sp³-hybridized carbons (Fsp3) is 0.417. The van der Waals surface area contributed by atoms with E-state index in [1.807, 2.05) is 11.0 Å². The smallest absolute Gasteiger partial charge is 0.182 e. The summed E-state index contributed by atoms with van der Waals surface area (Å²) >= 11 is 0. The molecular formula is C12H13BFN3. The van der Waals surface area contributed by atoms with Gasteiger partial charge in [-0.1, -0.05) is 6.07 Å². The van der Waals surface area contributed by atoms with Crippen molar-refractivity contribution in [3.8, 4) is 6.07 Å². The molecule has 3 nitrogen and oxygen atoms in total. The van der Waals surface area contributed by atoms with Crippen LogP contribution in [0, 0.1) is 17.1 Å². The van der Waals surface area contributed by atoms with E-state index in [4.69, 9.17) is 13.2 Å². The maximum atomic E-state index is 13.9. The Balaban J connectivity index is 2.14. The zero-order chi connectivity index (χ0) is 12.3. The lowest BCUT2D eigenvalue weighted by molar-refractivity contribution is 0.412. The van der Waals surface area contributed by atoms with Crippen molar-refractivity contribution in [1.82, 2.24) is 4.81 Å². The summed E-state index contributed by atoms with van der Waals surface area (Å²) in [6.07, 6.45) is 0.244. The highest BCUT2D eigenvalue weighted by molar-refractivity contribution is 6.04. The topological polar surface area (TPSA) is 30.3 Å². The number of nitriles is 1. The Morgan fingerprint density at radius 1 is 1.29 bits per heavy atom. The standard InChI is InChI=1S/C12H13BFN3/c13-17-7-5-16(6-8-17)12-2-1-10(3-4-15)9-11(12)14/h1-2,9H,3,5-8H2. The van der Waals surface area contributed by atoms with E-state index in [9.17, 15) is 4.39 Å². The Morgan fingerprint density at radius 2 is 2.00 bits per heavy atom.